The summed E-state index contributed by atoms with van der Waals surface area (Å²) in [4.78, 5) is 11.7. The number of rotatable bonds is 3. The topological polar surface area (TPSA) is 53.6 Å². The third-order valence-electron chi connectivity index (χ3n) is 5.09. The monoisotopic (exact) mass is 292 g/mol. The molecule has 2 heterocycles. The molecule has 0 aliphatic heterocycles. The van der Waals surface area contributed by atoms with Crippen LogP contribution in [0.2, 0.25) is 0 Å². The van der Waals surface area contributed by atoms with E-state index >= 15 is 0 Å². The Morgan fingerprint density at radius 2 is 2.24 bits per heavy atom. The Bertz CT molecular complexity index is 696. The minimum Gasteiger partial charge on any atom is -0.367 e. The number of aryl methyl sites for hydroxylation is 1. The standard InChI is InChI=1S/C15H18F2N4/c1-2-9-6-18-12-11(9)13(20-8-19-12)21-10-3-4-14(5-10)7-15(14,16)17/h6,8,10H,2-5,7H2,1H3,(H2,18,19,20,21). The van der Waals surface area contributed by atoms with Gasteiger partial charge in [-0.15, -0.1) is 0 Å². The van der Waals surface area contributed by atoms with Gasteiger partial charge in [0, 0.05) is 24.1 Å². The number of H-pyrrole nitrogens is 1. The Labute approximate surface area is 121 Å². The van der Waals surface area contributed by atoms with Crippen LogP contribution < -0.4 is 5.32 Å². The lowest BCUT2D eigenvalue weighted by atomic mass is 10.0. The summed E-state index contributed by atoms with van der Waals surface area (Å²) < 4.78 is 26.9. The van der Waals surface area contributed by atoms with E-state index in [1.807, 2.05) is 6.20 Å². The smallest absolute Gasteiger partial charge is 0.254 e. The summed E-state index contributed by atoms with van der Waals surface area (Å²) >= 11 is 0. The van der Waals surface area contributed by atoms with Gasteiger partial charge in [-0.3, -0.25) is 0 Å². The summed E-state index contributed by atoms with van der Waals surface area (Å²) in [6, 6.07) is 0.0797. The molecular weight excluding hydrogens is 274 g/mol. The van der Waals surface area contributed by atoms with Crippen LogP contribution in [0.1, 0.15) is 38.2 Å². The molecule has 2 unspecified atom stereocenters. The van der Waals surface area contributed by atoms with Gasteiger partial charge in [0.1, 0.15) is 17.8 Å². The van der Waals surface area contributed by atoms with Crippen molar-refractivity contribution in [3.63, 3.8) is 0 Å². The lowest BCUT2D eigenvalue weighted by molar-refractivity contribution is 0.0657. The molecule has 2 aromatic heterocycles. The molecule has 2 saturated carbocycles. The normalized spacial score (nSPS) is 30.1. The number of aromatic nitrogens is 3. The average molecular weight is 292 g/mol. The number of alkyl halides is 2. The summed E-state index contributed by atoms with van der Waals surface area (Å²) in [5.74, 6) is -1.68. The van der Waals surface area contributed by atoms with E-state index in [0.29, 0.717) is 12.8 Å². The molecule has 1 spiro atoms. The first kappa shape index (κ1) is 13.0. The van der Waals surface area contributed by atoms with Crippen LogP contribution in [-0.4, -0.2) is 26.9 Å². The van der Waals surface area contributed by atoms with Crippen molar-refractivity contribution < 1.29 is 8.78 Å². The number of nitrogens with one attached hydrogen (secondary N) is 2. The van der Waals surface area contributed by atoms with Gasteiger partial charge >= 0.3 is 0 Å². The largest absolute Gasteiger partial charge is 0.367 e. The number of hydrogen-bond acceptors (Lipinski definition) is 3. The molecule has 2 aliphatic carbocycles. The number of hydrogen-bond donors (Lipinski definition) is 2. The van der Waals surface area contributed by atoms with E-state index in [0.717, 1.165) is 35.3 Å². The second-order valence-corrected chi connectivity index (χ2v) is 6.36. The van der Waals surface area contributed by atoms with Crippen LogP contribution in [0.25, 0.3) is 11.0 Å². The van der Waals surface area contributed by atoms with Crippen molar-refractivity contribution in [3.05, 3.63) is 18.1 Å². The summed E-state index contributed by atoms with van der Waals surface area (Å²) in [6.45, 7) is 2.08. The highest BCUT2D eigenvalue weighted by Gasteiger charge is 2.72. The van der Waals surface area contributed by atoms with Crippen molar-refractivity contribution in [3.8, 4) is 0 Å². The van der Waals surface area contributed by atoms with Gasteiger partial charge in [0.15, 0.2) is 0 Å². The van der Waals surface area contributed by atoms with Gasteiger partial charge in [-0.05, 0) is 31.2 Å². The molecule has 2 aromatic rings. The van der Waals surface area contributed by atoms with E-state index in [1.165, 1.54) is 6.33 Å². The van der Waals surface area contributed by atoms with Gasteiger partial charge in [0.05, 0.1) is 5.39 Å². The quantitative estimate of drug-likeness (QED) is 0.910. The van der Waals surface area contributed by atoms with Crippen molar-refractivity contribution in [2.45, 2.75) is 51.0 Å². The Kier molecular flexibility index (Phi) is 2.56. The zero-order valence-electron chi connectivity index (χ0n) is 11.9. The lowest BCUT2D eigenvalue weighted by Crippen LogP contribution is -2.18. The fraction of sp³-hybridized carbons (Fsp3) is 0.600. The highest BCUT2D eigenvalue weighted by atomic mass is 19.3. The Balaban J connectivity index is 1.60. The molecule has 2 fully saturated rings. The highest BCUT2D eigenvalue weighted by Crippen LogP contribution is 2.68. The van der Waals surface area contributed by atoms with Crippen LogP contribution in [0, 0.1) is 5.41 Å². The van der Waals surface area contributed by atoms with Crippen molar-refractivity contribution in [1.82, 2.24) is 15.0 Å². The molecule has 2 atom stereocenters. The van der Waals surface area contributed by atoms with Crippen LogP contribution in [0.15, 0.2) is 12.5 Å². The van der Waals surface area contributed by atoms with Crippen molar-refractivity contribution in [2.75, 3.05) is 5.32 Å². The summed E-state index contributed by atoms with van der Waals surface area (Å²) in [6.07, 6.45) is 6.33. The van der Waals surface area contributed by atoms with Crippen molar-refractivity contribution in [1.29, 1.82) is 0 Å². The van der Waals surface area contributed by atoms with Crippen molar-refractivity contribution in [2.24, 2.45) is 5.41 Å². The molecular formula is C15H18F2N4. The number of fused-ring (bicyclic) bond motifs is 1. The first-order chi connectivity index (χ1) is 10.0. The minimum atomic E-state index is -2.45. The first-order valence-electron chi connectivity index (χ1n) is 7.50. The average Bonchev–Trinajstić information content (AvgIpc) is 2.85. The van der Waals surface area contributed by atoms with Crippen LogP contribution in [0.4, 0.5) is 14.6 Å². The van der Waals surface area contributed by atoms with Gasteiger partial charge in [0.25, 0.3) is 5.92 Å². The summed E-state index contributed by atoms with van der Waals surface area (Å²) in [7, 11) is 0. The van der Waals surface area contributed by atoms with Crippen LogP contribution >= 0.6 is 0 Å². The van der Waals surface area contributed by atoms with Crippen molar-refractivity contribution >= 4 is 16.9 Å². The molecule has 2 N–H and O–H groups in total. The zero-order chi connectivity index (χ0) is 14.7. The first-order valence-corrected chi connectivity index (χ1v) is 7.50. The molecule has 21 heavy (non-hydrogen) atoms. The van der Waals surface area contributed by atoms with Gasteiger partial charge in [-0.25, -0.2) is 18.7 Å². The molecule has 112 valence electrons. The maximum Gasteiger partial charge on any atom is 0.254 e. The van der Waals surface area contributed by atoms with E-state index in [-0.39, 0.29) is 12.5 Å². The predicted octanol–water partition coefficient (Wildman–Crippen LogP) is 3.51. The van der Waals surface area contributed by atoms with Crippen LogP contribution in [0.5, 0.6) is 0 Å². The number of anilines is 1. The van der Waals surface area contributed by atoms with Gasteiger partial charge in [-0.2, -0.15) is 0 Å². The minimum absolute atomic E-state index is 0.0573. The Morgan fingerprint density at radius 3 is 2.90 bits per heavy atom. The van der Waals surface area contributed by atoms with Gasteiger partial charge < -0.3 is 10.3 Å². The molecule has 0 aromatic carbocycles. The van der Waals surface area contributed by atoms with Gasteiger partial charge in [-0.1, -0.05) is 6.92 Å². The number of nitrogens with zero attached hydrogens (tertiary/aromatic N) is 2. The molecule has 0 saturated heterocycles. The fourth-order valence-corrected chi connectivity index (χ4v) is 3.73. The molecule has 4 nitrogen and oxygen atoms in total. The maximum absolute atomic E-state index is 13.5. The van der Waals surface area contributed by atoms with E-state index in [9.17, 15) is 8.78 Å². The SMILES string of the molecule is CCc1c[nH]c2ncnc(NC3CCC4(C3)CC4(F)F)c12. The number of aromatic amines is 1. The highest BCUT2D eigenvalue weighted by molar-refractivity contribution is 5.90. The van der Waals surface area contributed by atoms with E-state index in [2.05, 4.69) is 27.2 Å². The molecule has 0 radical (unpaired) electrons. The Morgan fingerprint density at radius 1 is 1.43 bits per heavy atom. The van der Waals surface area contributed by atoms with E-state index in [1.54, 1.807) is 0 Å². The molecule has 0 bridgehead atoms. The molecule has 6 heteroatoms. The van der Waals surface area contributed by atoms with Crippen LogP contribution in [-0.2, 0) is 6.42 Å². The second-order valence-electron chi connectivity index (χ2n) is 6.36. The summed E-state index contributed by atoms with van der Waals surface area (Å²) in [5, 5.41) is 4.36. The second kappa shape index (κ2) is 4.15. The zero-order valence-corrected chi connectivity index (χ0v) is 11.9. The molecule has 0 amide bonds. The molecule has 2 aliphatic rings. The third-order valence-corrected chi connectivity index (χ3v) is 5.09. The van der Waals surface area contributed by atoms with Gasteiger partial charge in [0.2, 0.25) is 0 Å². The van der Waals surface area contributed by atoms with E-state index < -0.39 is 11.3 Å². The third kappa shape index (κ3) is 1.84. The lowest BCUT2D eigenvalue weighted by Gasteiger charge is -2.15. The van der Waals surface area contributed by atoms with Crippen LogP contribution in [0.3, 0.4) is 0 Å². The maximum atomic E-state index is 13.5. The fourth-order valence-electron chi connectivity index (χ4n) is 3.73. The van der Waals surface area contributed by atoms with E-state index in [4.69, 9.17) is 0 Å². The number of halogens is 2. The predicted molar refractivity (Wildman–Crippen MR) is 76.5 cm³/mol. The Hall–Kier alpha value is -1.72. The summed E-state index contributed by atoms with van der Waals surface area (Å²) in [5.41, 5.74) is 1.22. The molecule has 4 rings (SSSR count).